The fourth-order valence-corrected chi connectivity index (χ4v) is 1.61. The molecule has 114 valence electrons. The second kappa shape index (κ2) is 6.38. The molecule has 0 aliphatic rings. The smallest absolute Gasteiger partial charge is 0.313 e. The molecular formula is C15H11F3N2O2. The van der Waals surface area contributed by atoms with E-state index in [2.05, 4.69) is 15.0 Å². The van der Waals surface area contributed by atoms with Crippen LogP contribution in [0.3, 0.4) is 0 Å². The van der Waals surface area contributed by atoms with Gasteiger partial charge in [0.25, 0.3) is 0 Å². The van der Waals surface area contributed by atoms with E-state index in [0.717, 1.165) is 18.2 Å². The van der Waals surface area contributed by atoms with Gasteiger partial charge >= 0.3 is 12.1 Å². The summed E-state index contributed by atoms with van der Waals surface area (Å²) in [5.74, 6) is -0.964. The maximum atomic E-state index is 12.6. The van der Waals surface area contributed by atoms with Crippen molar-refractivity contribution < 1.29 is 22.8 Å². The number of carbonyl (C=O) groups excluding carboxylic acids is 1. The van der Waals surface area contributed by atoms with Gasteiger partial charge in [0.05, 0.1) is 16.8 Å². The number of aromatic nitrogens is 1. The molecule has 0 atom stereocenters. The Balaban J connectivity index is 2.13. The van der Waals surface area contributed by atoms with Crippen LogP contribution in [0.2, 0.25) is 0 Å². The number of carbonyl (C=O) groups is 1. The second-order valence-corrected chi connectivity index (χ2v) is 4.38. The van der Waals surface area contributed by atoms with Crippen LogP contribution in [0.25, 0.3) is 0 Å². The van der Waals surface area contributed by atoms with Gasteiger partial charge in [-0.25, -0.2) is 4.79 Å². The monoisotopic (exact) mass is 308 g/mol. The van der Waals surface area contributed by atoms with Gasteiger partial charge in [-0.3, -0.25) is 4.98 Å². The highest BCUT2D eigenvalue weighted by molar-refractivity contribution is 5.99. The van der Waals surface area contributed by atoms with Crippen molar-refractivity contribution >= 4 is 11.7 Å². The van der Waals surface area contributed by atoms with Crippen molar-refractivity contribution in [2.24, 2.45) is 5.16 Å². The average Bonchev–Trinajstić information content (AvgIpc) is 2.52. The molecule has 22 heavy (non-hydrogen) atoms. The summed E-state index contributed by atoms with van der Waals surface area (Å²) in [6.45, 7) is 1.59. The number of benzene rings is 1. The second-order valence-electron chi connectivity index (χ2n) is 4.38. The first kappa shape index (κ1) is 15.7. The Morgan fingerprint density at radius 2 is 1.91 bits per heavy atom. The van der Waals surface area contributed by atoms with Crippen LogP contribution >= 0.6 is 0 Å². The lowest BCUT2D eigenvalue weighted by molar-refractivity contribution is -0.137. The third kappa shape index (κ3) is 3.91. The Kier molecular flexibility index (Phi) is 4.55. The van der Waals surface area contributed by atoms with Gasteiger partial charge in [0.1, 0.15) is 0 Å². The molecule has 7 heteroatoms. The minimum absolute atomic E-state index is 0.224. The number of pyridine rings is 1. The van der Waals surface area contributed by atoms with E-state index in [1.165, 1.54) is 12.3 Å². The van der Waals surface area contributed by atoms with E-state index >= 15 is 0 Å². The lowest BCUT2D eigenvalue weighted by Crippen LogP contribution is -2.08. The van der Waals surface area contributed by atoms with Crippen LogP contribution in [0.15, 0.2) is 53.9 Å². The van der Waals surface area contributed by atoms with E-state index in [-0.39, 0.29) is 5.56 Å². The van der Waals surface area contributed by atoms with Crippen molar-refractivity contribution in [1.29, 1.82) is 0 Å². The van der Waals surface area contributed by atoms with Crippen molar-refractivity contribution in [3.05, 3.63) is 65.5 Å². The third-order valence-corrected chi connectivity index (χ3v) is 2.77. The van der Waals surface area contributed by atoms with Crippen LogP contribution in [-0.2, 0) is 11.0 Å². The number of rotatable bonds is 3. The predicted molar refractivity (Wildman–Crippen MR) is 73.3 cm³/mol. The molecule has 0 N–H and O–H groups in total. The lowest BCUT2D eigenvalue weighted by atomic mass is 10.1. The third-order valence-electron chi connectivity index (χ3n) is 2.77. The van der Waals surface area contributed by atoms with Crippen molar-refractivity contribution in [1.82, 2.24) is 4.98 Å². The number of alkyl halides is 3. The highest BCUT2D eigenvalue weighted by Gasteiger charge is 2.31. The zero-order valence-electron chi connectivity index (χ0n) is 11.5. The van der Waals surface area contributed by atoms with Gasteiger partial charge in [-0.05, 0) is 37.3 Å². The van der Waals surface area contributed by atoms with Crippen LogP contribution in [0, 0.1) is 0 Å². The normalized spacial score (nSPS) is 12.1. The van der Waals surface area contributed by atoms with Gasteiger partial charge in [0.15, 0.2) is 0 Å². The molecule has 0 fully saturated rings. The van der Waals surface area contributed by atoms with Crippen LogP contribution in [0.5, 0.6) is 0 Å². The first-order valence-electron chi connectivity index (χ1n) is 6.21. The first-order valence-corrected chi connectivity index (χ1v) is 6.21. The Hall–Kier alpha value is -2.70. The lowest BCUT2D eigenvalue weighted by Gasteiger charge is -2.07. The van der Waals surface area contributed by atoms with Crippen molar-refractivity contribution in [2.75, 3.05) is 0 Å². The van der Waals surface area contributed by atoms with Crippen molar-refractivity contribution in [3.8, 4) is 0 Å². The maximum absolute atomic E-state index is 12.6. The van der Waals surface area contributed by atoms with Crippen LogP contribution in [0.1, 0.15) is 28.4 Å². The Labute approximate surface area is 124 Å². The zero-order valence-corrected chi connectivity index (χ0v) is 11.5. The molecule has 0 saturated carbocycles. The molecule has 4 nitrogen and oxygen atoms in total. The Morgan fingerprint density at radius 3 is 2.55 bits per heavy atom. The number of halogens is 3. The molecule has 0 unspecified atom stereocenters. The van der Waals surface area contributed by atoms with Gasteiger partial charge in [0, 0.05) is 18.0 Å². The van der Waals surface area contributed by atoms with Crippen molar-refractivity contribution in [3.63, 3.8) is 0 Å². The summed E-state index contributed by atoms with van der Waals surface area (Å²) in [6.07, 6.45) is -1.42. The summed E-state index contributed by atoms with van der Waals surface area (Å²) in [4.78, 5) is 20.3. The summed E-state index contributed by atoms with van der Waals surface area (Å²) in [6, 6.07) is 7.36. The maximum Gasteiger partial charge on any atom is 0.416 e. The zero-order chi connectivity index (χ0) is 16.2. The number of nitrogens with zero attached hydrogens (tertiary/aromatic N) is 2. The van der Waals surface area contributed by atoms with Gasteiger partial charge in [0.2, 0.25) is 0 Å². The molecular weight excluding hydrogens is 297 g/mol. The summed E-state index contributed by atoms with van der Waals surface area (Å²) < 4.78 is 37.7. The molecule has 0 saturated heterocycles. The molecule has 0 aliphatic heterocycles. The average molecular weight is 308 g/mol. The molecule has 0 aliphatic carbocycles. The minimum atomic E-state index is -4.52. The molecule has 2 aromatic rings. The predicted octanol–water partition coefficient (Wildman–Crippen LogP) is 3.68. The number of hydrogen-bond acceptors (Lipinski definition) is 4. The SMILES string of the molecule is C/C(=N\OC(=O)c1cccc(C(F)(F)F)c1)c1cccnc1. The van der Waals surface area contributed by atoms with Crippen LogP contribution < -0.4 is 0 Å². The molecule has 1 heterocycles. The van der Waals surface area contributed by atoms with Crippen LogP contribution in [0.4, 0.5) is 13.2 Å². The quantitative estimate of drug-likeness (QED) is 0.494. The number of oxime groups is 1. The molecule has 1 aromatic heterocycles. The van der Waals surface area contributed by atoms with Crippen LogP contribution in [-0.4, -0.2) is 16.7 Å². The van der Waals surface area contributed by atoms with Gasteiger partial charge in [-0.2, -0.15) is 13.2 Å². The van der Waals surface area contributed by atoms with E-state index < -0.39 is 17.7 Å². The topological polar surface area (TPSA) is 51.5 Å². The van der Waals surface area contributed by atoms with E-state index in [1.807, 2.05) is 0 Å². The van der Waals surface area contributed by atoms with Gasteiger partial charge in [-0.15, -0.1) is 0 Å². The standard InChI is InChI=1S/C15H11F3N2O2/c1-10(12-5-3-7-19-9-12)20-22-14(21)11-4-2-6-13(8-11)15(16,17)18/h2-9H,1H3/b20-10+. The fraction of sp³-hybridized carbons (Fsp3) is 0.133. The number of hydrogen-bond donors (Lipinski definition) is 0. The van der Waals surface area contributed by atoms with E-state index in [1.54, 1.807) is 25.3 Å². The van der Waals surface area contributed by atoms with Crippen molar-refractivity contribution in [2.45, 2.75) is 13.1 Å². The first-order chi connectivity index (χ1) is 10.4. The molecule has 0 radical (unpaired) electrons. The largest absolute Gasteiger partial charge is 0.416 e. The molecule has 1 aromatic carbocycles. The van der Waals surface area contributed by atoms with E-state index in [0.29, 0.717) is 11.3 Å². The Morgan fingerprint density at radius 1 is 1.18 bits per heavy atom. The Bertz CT molecular complexity index is 697. The molecule has 0 spiro atoms. The summed E-state index contributed by atoms with van der Waals surface area (Å²) in [5.41, 5.74) is -0.125. The highest BCUT2D eigenvalue weighted by Crippen LogP contribution is 2.29. The minimum Gasteiger partial charge on any atom is -0.313 e. The molecule has 0 bridgehead atoms. The van der Waals surface area contributed by atoms with Gasteiger partial charge in [-0.1, -0.05) is 11.2 Å². The van der Waals surface area contributed by atoms with E-state index in [9.17, 15) is 18.0 Å². The van der Waals surface area contributed by atoms with Gasteiger partial charge < -0.3 is 4.84 Å². The van der Waals surface area contributed by atoms with E-state index in [4.69, 9.17) is 0 Å². The highest BCUT2D eigenvalue weighted by atomic mass is 19.4. The summed E-state index contributed by atoms with van der Waals surface area (Å²) in [5, 5.41) is 3.61. The molecule has 2 rings (SSSR count). The molecule has 0 amide bonds. The fourth-order valence-electron chi connectivity index (χ4n) is 1.61. The summed E-state index contributed by atoms with van der Waals surface area (Å²) >= 11 is 0. The summed E-state index contributed by atoms with van der Waals surface area (Å²) in [7, 11) is 0.